The first-order valence-electron chi connectivity index (χ1n) is 6.21. The Balaban J connectivity index is 2.01. The third-order valence-corrected chi connectivity index (χ3v) is 3.72. The predicted octanol–water partition coefficient (Wildman–Crippen LogP) is 1.96. The average molecular weight is 312 g/mol. The van der Waals surface area contributed by atoms with Gasteiger partial charge in [-0.25, -0.2) is 0 Å². The number of nitrogens with one attached hydrogen (secondary N) is 2. The van der Waals surface area contributed by atoms with E-state index >= 15 is 0 Å². The monoisotopic (exact) mass is 311 g/mol. The minimum absolute atomic E-state index is 0.402. The lowest BCUT2D eigenvalue weighted by Gasteiger charge is -2.23. The molecule has 4 N–H and O–H groups in total. The van der Waals surface area contributed by atoms with E-state index in [1.54, 1.807) is 6.07 Å². The molecule has 0 aliphatic carbocycles. The standard InChI is InChI=1S/C13H18BrN3O/c14-10-3-4-12(11(6-10)13(15)18)17-8-9-2-1-5-16-7-9/h3-4,6,9,16-17H,1-2,5,7-8H2,(H2,15,18). The van der Waals surface area contributed by atoms with Crippen LogP contribution in [-0.4, -0.2) is 25.5 Å². The molecular weight excluding hydrogens is 294 g/mol. The fourth-order valence-corrected chi connectivity index (χ4v) is 2.59. The van der Waals surface area contributed by atoms with Crippen LogP contribution in [0.1, 0.15) is 23.2 Å². The Labute approximate surface area is 115 Å². The molecule has 0 saturated carbocycles. The van der Waals surface area contributed by atoms with Gasteiger partial charge in [-0.2, -0.15) is 0 Å². The number of primary amides is 1. The molecule has 1 aliphatic rings. The zero-order chi connectivity index (χ0) is 13.0. The van der Waals surface area contributed by atoms with Crippen LogP contribution in [0.2, 0.25) is 0 Å². The third-order valence-electron chi connectivity index (χ3n) is 3.23. The quantitative estimate of drug-likeness (QED) is 0.796. The van der Waals surface area contributed by atoms with E-state index in [1.165, 1.54) is 12.8 Å². The highest BCUT2D eigenvalue weighted by Crippen LogP contribution is 2.21. The second-order valence-electron chi connectivity index (χ2n) is 4.65. The van der Waals surface area contributed by atoms with Crippen LogP contribution in [-0.2, 0) is 0 Å². The van der Waals surface area contributed by atoms with Gasteiger partial charge in [0.15, 0.2) is 0 Å². The molecule has 1 aromatic carbocycles. The van der Waals surface area contributed by atoms with E-state index in [0.717, 1.165) is 29.8 Å². The number of nitrogens with two attached hydrogens (primary N) is 1. The molecule has 4 nitrogen and oxygen atoms in total. The van der Waals surface area contributed by atoms with Crippen molar-refractivity contribution < 1.29 is 4.79 Å². The van der Waals surface area contributed by atoms with Crippen molar-refractivity contribution in [1.29, 1.82) is 0 Å². The molecule has 0 bridgehead atoms. The van der Waals surface area contributed by atoms with Crippen LogP contribution in [0.15, 0.2) is 22.7 Å². The highest BCUT2D eigenvalue weighted by atomic mass is 79.9. The van der Waals surface area contributed by atoms with Crippen LogP contribution in [0.3, 0.4) is 0 Å². The van der Waals surface area contributed by atoms with Gasteiger partial charge in [-0.15, -0.1) is 0 Å². The number of rotatable bonds is 4. The fourth-order valence-electron chi connectivity index (χ4n) is 2.23. The first-order valence-corrected chi connectivity index (χ1v) is 7.00. The normalized spacial score (nSPS) is 19.5. The second kappa shape index (κ2) is 6.20. The van der Waals surface area contributed by atoms with Gasteiger partial charge in [-0.05, 0) is 50.0 Å². The third kappa shape index (κ3) is 3.46. The van der Waals surface area contributed by atoms with E-state index in [2.05, 4.69) is 26.6 Å². The van der Waals surface area contributed by atoms with Crippen molar-refractivity contribution in [2.45, 2.75) is 12.8 Å². The van der Waals surface area contributed by atoms with Crippen LogP contribution in [0.4, 0.5) is 5.69 Å². The molecule has 1 saturated heterocycles. The molecule has 1 fully saturated rings. The van der Waals surface area contributed by atoms with Gasteiger partial charge in [0, 0.05) is 16.7 Å². The summed E-state index contributed by atoms with van der Waals surface area (Å²) in [4.78, 5) is 11.4. The van der Waals surface area contributed by atoms with Crippen molar-refractivity contribution in [1.82, 2.24) is 5.32 Å². The van der Waals surface area contributed by atoms with Crippen molar-refractivity contribution in [3.8, 4) is 0 Å². The lowest BCUT2D eigenvalue weighted by molar-refractivity contribution is 0.100. The van der Waals surface area contributed by atoms with Gasteiger partial charge in [-0.3, -0.25) is 4.79 Å². The Hall–Kier alpha value is -1.07. The number of benzene rings is 1. The van der Waals surface area contributed by atoms with Crippen LogP contribution < -0.4 is 16.4 Å². The maximum absolute atomic E-state index is 11.4. The maximum Gasteiger partial charge on any atom is 0.250 e. The van der Waals surface area contributed by atoms with Gasteiger partial charge in [0.25, 0.3) is 5.91 Å². The van der Waals surface area contributed by atoms with E-state index in [9.17, 15) is 4.79 Å². The molecule has 0 radical (unpaired) electrons. The number of halogens is 1. The van der Waals surface area contributed by atoms with Crippen LogP contribution in [0.25, 0.3) is 0 Å². The van der Waals surface area contributed by atoms with E-state index in [4.69, 9.17) is 5.73 Å². The van der Waals surface area contributed by atoms with E-state index in [0.29, 0.717) is 11.5 Å². The number of piperidine rings is 1. The van der Waals surface area contributed by atoms with E-state index in [-0.39, 0.29) is 0 Å². The van der Waals surface area contributed by atoms with Gasteiger partial charge < -0.3 is 16.4 Å². The predicted molar refractivity (Wildman–Crippen MR) is 76.7 cm³/mol. The summed E-state index contributed by atoms with van der Waals surface area (Å²) in [5.74, 6) is 0.212. The summed E-state index contributed by atoms with van der Waals surface area (Å²) in [6, 6.07) is 5.55. The van der Waals surface area contributed by atoms with Crippen LogP contribution in [0, 0.1) is 5.92 Å². The van der Waals surface area contributed by atoms with Gasteiger partial charge in [0.1, 0.15) is 0 Å². The molecule has 1 aliphatic heterocycles. The van der Waals surface area contributed by atoms with Crippen molar-refractivity contribution in [3.63, 3.8) is 0 Å². The molecule has 2 rings (SSSR count). The van der Waals surface area contributed by atoms with Crippen LogP contribution in [0.5, 0.6) is 0 Å². The minimum Gasteiger partial charge on any atom is -0.384 e. The fraction of sp³-hybridized carbons (Fsp3) is 0.462. The number of hydrogen-bond donors (Lipinski definition) is 3. The summed E-state index contributed by atoms with van der Waals surface area (Å²) in [5, 5.41) is 6.71. The van der Waals surface area contributed by atoms with Gasteiger partial charge in [0.05, 0.1) is 5.56 Å². The second-order valence-corrected chi connectivity index (χ2v) is 5.56. The van der Waals surface area contributed by atoms with E-state index in [1.807, 2.05) is 12.1 Å². The van der Waals surface area contributed by atoms with Gasteiger partial charge in [-0.1, -0.05) is 15.9 Å². The Morgan fingerprint density at radius 3 is 3.06 bits per heavy atom. The highest BCUT2D eigenvalue weighted by Gasteiger charge is 2.14. The van der Waals surface area contributed by atoms with Crippen molar-refractivity contribution in [2.75, 3.05) is 25.0 Å². The smallest absolute Gasteiger partial charge is 0.250 e. The number of amides is 1. The number of carbonyl (C=O) groups is 1. The lowest BCUT2D eigenvalue weighted by Crippen LogP contribution is -2.33. The van der Waals surface area contributed by atoms with Crippen molar-refractivity contribution in [2.24, 2.45) is 11.7 Å². The highest BCUT2D eigenvalue weighted by molar-refractivity contribution is 9.10. The SMILES string of the molecule is NC(=O)c1cc(Br)ccc1NCC1CCCNC1. The molecular formula is C13H18BrN3O. The summed E-state index contributed by atoms with van der Waals surface area (Å²) >= 11 is 3.35. The summed E-state index contributed by atoms with van der Waals surface area (Å²) in [5.41, 5.74) is 6.73. The Kier molecular flexibility index (Phi) is 4.60. The van der Waals surface area contributed by atoms with Crippen LogP contribution >= 0.6 is 15.9 Å². The molecule has 1 unspecified atom stereocenters. The minimum atomic E-state index is -0.402. The summed E-state index contributed by atoms with van der Waals surface area (Å²) in [6.45, 7) is 3.02. The molecule has 18 heavy (non-hydrogen) atoms. The Morgan fingerprint density at radius 2 is 2.39 bits per heavy atom. The molecule has 1 atom stereocenters. The molecule has 0 spiro atoms. The largest absolute Gasteiger partial charge is 0.384 e. The van der Waals surface area contributed by atoms with Crippen molar-refractivity contribution in [3.05, 3.63) is 28.2 Å². The average Bonchev–Trinajstić information content (AvgIpc) is 2.38. The zero-order valence-corrected chi connectivity index (χ0v) is 11.8. The van der Waals surface area contributed by atoms with Crippen molar-refractivity contribution >= 4 is 27.5 Å². The first-order chi connectivity index (χ1) is 8.66. The van der Waals surface area contributed by atoms with E-state index < -0.39 is 5.91 Å². The molecule has 1 aromatic rings. The molecule has 0 aromatic heterocycles. The van der Waals surface area contributed by atoms with Gasteiger partial charge >= 0.3 is 0 Å². The topological polar surface area (TPSA) is 67.2 Å². The molecule has 1 amide bonds. The Morgan fingerprint density at radius 1 is 1.56 bits per heavy atom. The summed E-state index contributed by atoms with van der Waals surface area (Å²) in [6.07, 6.45) is 2.44. The molecule has 98 valence electrons. The molecule has 1 heterocycles. The van der Waals surface area contributed by atoms with Gasteiger partial charge in [0.2, 0.25) is 0 Å². The maximum atomic E-state index is 11.4. The number of anilines is 1. The first kappa shape index (κ1) is 13.4. The lowest BCUT2D eigenvalue weighted by atomic mass is 9.99. The molecule has 5 heteroatoms. The Bertz CT molecular complexity index is 430. The number of hydrogen-bond acceptors (Lipinski definition) is 3. The summed E-state index contributed by atoms with van der Waals surface area (Å²) < 4.78 is 0.862. The summed E-state index contributed by atoms with van der Waals surface area (Å²) in [7, 11) is 0. The number of carbonyl (C=O) groups excluding carboxylic acids is 1. The zero-order valence-electron chi connectivity index (χ0n) is 10.2.